The summed E-state index contributed by atoms with van der Waals surface area (Å²) < 4.78 is 0.938. The molecule has 5 heteroatoms. The van der Waals surface area contributed by atoms with E-state index < -0.39 is 6.17 Å². The number of nitrogens with zero attached hydrogens (tertiary/aromatic N) is 2. The van der Waals surface area contributed by atoms with Crippen molar-refractivity contribution in [3.63, 3.8) is 0 Å². The molecule has 0 radical (unpaired) electrons. The van der Waals surface area contributed by atoms with Gasteiger partial charge in [-0.25, -0.2) is 0 Å². The number of fused-ring (bicyclic) bond motifs is 1. The van der Waals surface area contributed by atoms with Gasteiger partial charge >= 0.3 is 0 Å². The predicted octanol–water partition coefficient (Wildman–Crippen LogP) is 1.58. The summed E-state index contributed by atoms with van der Waals surface area (Å²) in [5.74, 6) is 0.205. The van der Waals surface area contributed by atoms with Gasteiger partial charge in [-0.1, -0.05) is 15.9 Å². The largest absolute Gasteiger partial charge is 0.757 e. The molecule has 80 valence electrons. The average Bonchev–Trinajstić information content (AvgIpc) is 2.24. The van der Waals surface area contributed by atoms with E-state index in [-0.39, 0.29) is 5.88 Å². The van der Waals surface area contributed by atoms with Crippen molar-refractivity contribution in [1.29, 1.82) is 0 Å². The van der Waals surface area contributed by atoms with Crippen LogP contribution in [-0.2, 0) is 0 Å². The molecule has 1 aliphatic heterocycles. The van der Waals surface area contributed by atoms with Crippen LogP contribution >= 0.6 is 27.5 Å². The van der Waals surface area contributed by atoms with Crippen LogP contribution in [0.4, 0.5) is 0 Å². The smallest absolute Gasteiger partial charge is 0.125 e. The van der Waals surface area contributed by atoms with E-state index >= 15 is 0 Å². The van der Waals surface area contributed by atoms with E-state index in [4.69, 9.17) is 11.6 Å². The quantitative estimate of drug-likeness (QED) is 0.736. The van der Waals surface area contributed by atoms with Gasteiger partial charge in [-0.05, 0) is 25.1 Å². The second-order valence-electron chi connectivity index (χ2n) is 3.34. The summed E-state index contributed by atoms with van der Waals surface area (Å²) in [4.78, 5) is 4.28. The molecule has 1 aliphatic rings. The van der Waals surface area contributed by atoms with Crippen LogP contribution in [0.1, 0.15) is 6.92 Å². The lowest BCUT2D eigenvalue weighted by Crippen LogP contribution is -2.43. The van der Waals surface area contributed by atoms with Crippen LogP contribution in [0.2, 0.25) is 0 Å². The van der Waals surface area contributed by atoms with E-state index in [1.165, 1.54) is 0 Å². The van der Waals surface area contributed by atoms with Crippen molar-refractivity contribution in [2.75, 3.05) is 5.88 Å². The van der Waals surface area contributed by atoms with Crippen molar-refractivity contribution in [1.82, 2.24) is 5.06 Å². The summed E-state index contributed by atoms with van der Waals surface area (Å²) in [5.41, 5.74) is 0.659. The molecular weight excluding hydrogens is 279 g/mol. The molecule has 1 unspecified atom stereocenters. The van der Waals surface area contributed by atoms with Gasteiger partial charge in [-0.2, -0.15) is 0 Å². The van der Waals surface area contributed by atoms with Crippen LogP contribution < -0.4 is 10.6 Å². The molecular formula is C10H9BrClN2O-. The Labute approximate surface area is 101 Å². The van der Waals surface area contributed by atoms with Gasteiger partial charge in [-0.3, -0.25) is 4.99 Å². The number of benzene rings is 1. The lowest BCUT2D eigenvalue weighted by Gasteiger charge is -2.38. The number of rotatable bonds is 1. The molecule has 0 fully saturated rings. The number of hydrogen-bond donors (Lipinski definition) is 0. The van der Waals surface area contributed by atoms with E-state index in [2.05, 4.69) is 20.9 Å². The Morgan fingerprint density at radius 2 is 2.33 bits per heavy atom. The molecule has 1 atom stereocenters. The minimum Gasteiger partial charge on any atom is -0.757 e. The topological polar surface area (TPSA) is 38.7 Å². The van der Waals surface area contributed by atoms with Crippen LogP contribution in [0.3, 0.4) is 0 Å². The fourth-order valence-electron chi connectivity index (χ4n) is 1.56. The second kappa shape index (κ2) is 4.12. The summed E-state index contributed by atoms with van der Waals surface area (Å²) in [7, 11) is 0. The predicted molar refractivity (Wildman–Crippen MR) is 63.7 cm³/mol. The Morgan fingerprint density at radius 3 is 3.00 bits per heavy atom. The summed E-state index contributed by atoms with van der Waals surface area (Å²) in [6, 6.07) is 5.68. The van der Waals surface area contributed by atoms with Crippen molar-refractivity contribution in [2.24, 2.45) is 4.99 Å². The molecule has 0 aliphatic carbocycles. The second-order valence-corrected chi connectivity index (χ2v) is 4.56. The first-order valence-corrected chi connectivity index (χ1v) is 5.83. The highest BCUT2D eigenvalue weighted by Crippen LogP contribution is 2.12. The number of alkyl halides is 1. The molecule has 0 N–H and O–H groups in total. The monoisotopic (exact) mass is 287 g/mol. The average molecular weight is 289 g/mol. The summed E-state index contributed by atoms with van der Waals surface area (Å²) in [6.45, 7) is 1.78. The maximum absolute atomic E-state index is 11.7. The van der Waals surface area contributed by atoms with Gasteiger partial charge in [0.15, 0.2) is 0 Å². The third-order valence-electron chi connectivity index (χ3n) is 2.38. The van der Waals surface area contributed by atoms with Crippen LogP contribution in [-0.4, -0.2) is 17.1 Å². The molecule has 2 rings (SSSR count). The molecule has 1 aromatic rings. The minimum atomic E-state index is -0.500. The van der Waals surface area contributed by atoms with E-state index in [1.807, 2.05) is 18.2 Å². The van der Waals surface area contributed by atoms with Gasteiger partial charge in [0.1, 0.15) is 6.17 Å². The molecule has 0 saturated carbocycles. The zero-order chi connectivity index (χ0) is 11.0. The first kappa shape index (κ1) is 10.9. The Hall–Kier alpha value is -0.580. The van der Waals surface area contributed by atoms with E-state index in [1.54, 1.807) is 6.92 Å². The van der Waals surface area contributed by atoms with Crippen LogP contribution in [0, 0.1) is 5.21 Å². The van der Waals surface area contributed by atoms with E-state index in [9.17, 15) is 5.21 Å². The van der Waals surface area contributed by atoms with Crippen molar-refractivity contribution < 1.29 is 0 Å². The van der Waals surface area contributed by atoms with Gasteiger partial charge in [0, 0.05) is 15.4 Å². The Bertz CT molecular complexity index is 503. The maximum atomic E-state index is 11.7. The highest BCUT2D eigenvalue weighted by molar-refractivity contribution is 9.10. The van der Waals surface area contributed by atoms with Crippen LogP contribution in [0.25, 0.3) is 5.70 Å². The normalized spacial score (nSPS) is 19.9. The van der Waals surface area contributed by atoms with E-state index in [0.29, 0.717) is 5.70 Å². The maximum Gasteiger partial charge on any atom is 0.125 e. The SMILES string of the molecule is CC1=c2cc(Br)ccc2=NC(CCl)N1[O-]. The molecule has 0 spiro atoms. The highest BCUT2D eigenvalue weighted by atomic mass is 79.9. The summed E-state index contributed by atoms with van der Waals surface area (Å²) in [5, 5.41) is 14.3. The molecule has 1 aromatic carbocycles. The molecule has 3 nitrogen and oxygen atoms in total. The van der Waals surface area contributed by atoms with Crippen molar-refractivity contribution in [3.8, 4) is 0 Å². The molecule has 0 saturated heterocycles. The van der Waals surface area contributed by atoms with Crippen molar-refractivity contribution in [2.45, 2.75) is 13.1 Å². The van der Waals surface area contributed by atoms with Crippen molar-refractivity contribution >= 4 is 33.2 Å². The molecule has 0 amide bonds. The number of hydrogen-bond acceptors (Lipinski definition) is 3. The standard InChI is InChI=1S/C10H9BrClN2O/c1-6-8-4-7(11)2-3-9(8)13-10(5-12)14(6)15/h2-4,10H,5H2,1H3/q-1. The number of halogens is 2. The molecule has 0 bridgehead atoms. The van der Waals surface area contributed by atoms with Crippen LogP contribution in [0.5, 0.6) is 0 Å². The summed E-state index contributed by atoms with van der Waals surface area (Å²) >= 11 is 9.05. The van der Waals surface area contributed by atoms with Gasteiger partial charge in [0.05, 0.1) is 11.2 Å². The molecule has 1 heterocycles. The first-order chi connectivity index (χ1) is 7.13. The molecule has 0 aromatic heterocycles. The Kier molecular flexibility index (Phi) is 3.00. The Morgan fingerprint density at radius 1 is 1.60 bits per heavy atom. The van der Waals surface area contributed by atoms with Crippen LogP contribution in [0.15, 0.2) is 27.7 Å². The minimum absolute atomic E-state index is 0.205. The third-order valence-corrected chi connectivity index (χ3v) is 3.15. The lowest BCUT2D eigenvalue weighted by atomic mass is 10.2. The fraction of sp³-hybridized carbons (Fsp3) is 0.300. The lowest BCUT2D eigenvalue weighted by molar-refractivity contribution is 0.405. The first-order valence-electron chi connectivity index (χ1n) is 4.50. The van der Waals surface area contributed by atoms with Gasteiger partial charge in [0.25, 0.3) is 0 Å². The zero-order valence-electron chi connectivity index (χ0n) is 8.08. The van der Waals surface area contributed by atoms with Crippen molar-refractivity contribution in [3.05, 3.63) is 38.5 Å². The fourth-order valence-corrected chi connectivity index (χ4v) is 2.12. The van der Waals surface area contributed by atoms with E-state index in [0.717, 1.165) is 20.1 Å². The molecule has 15 heavy (non-hydrogen) atoms. The third kappa shape index (κ3) is 1.89. The zero-order valence-corrected chi connectivity index (χ0v) is 10.4. The van der Waals surface area contributed by atoms with Gasteiger partial charge in [-0.15, -0.1) is 11.6 Å². The highest BCUT2D eigenvalue weighted by Gasteiger charge is 2.13. The summed E-state index contributed by atoms with van der Waals surface area (Å²) in [6.07, 6.45) is -0.500. The Balaban J connectivity index is 2.72. The van der Waals surface area contributed by atoms with Gasteiger partial charge in [0.2, 0.25) is 0 Å². The number of hydroxylamine groups is 2. The van der Waals surface area contributed by atoms with Gasteiger partial charge < -0.3 is 10.3 Å².